The number of hydrogen-bond acceptors (Lipinski definition) is 3. The number of piperidine rings is 1. The number of hydrogen-bond donors (Lipinski definition) is 1. The Morgan fingerprint density at radius 1 is 1.10 bits per heavy atom. The van der Waals surface area contributed by atoms with Crippen molar-refractivity contribution in [2.75, 3.05) is 13.1 Å². The lowest BCUT2D eigenvalue weighted by Crippen LogP contribution is -2.42. The van der Waals surface area contributed by atoms with Crippen molar-refractivity contribution in [3.63, 3.8) is 0 Å². The van der Waals surface area contributed by atoms with Gasteiger partial charge in [0.2, 0.25) is 10.0 Å². The second-order valence-electron chi connectivity index (χ2n) is 5.91. The third kappa shape index (κ3) is 3.30. The van der Waals surface area contributed by atoms with Crippen LogP contribution in [-0.4, -0.2) is 30.9 Å². The highest BCUT2D eigenvalue weighted by atomic mass is 32.2. The van der Waals surface area contributed by atoms with E-state index in [1.807, 2.05) is 0 Å². The lowest BCUT2D eigenvalue weighted by molar-refractivity contribution is 0.141. The van der Waals surface area contributed by atoms with Crippen LogP contribution in [0, 0.1) is 5.41 Å². The van der Waals surface area contributed by atoms with Gasteiger partial charge in [0.25, 0.3) is 0 Å². The summed E-state index contributed by atoms with van der Waals surface area (Å²) >= 11 is 0. The highest BCUT2D eigenvalue weighted by Crippen LogP contribution is 2.39. The molecule has 0 amide bonds. The Bertz CT molecular complexity index is 552. The molecule has 1 aromatic rings. The summed E-state index contributed by atoms with van der Waals surface area (Å²) < 4.78 is 26.9. The molecule has 1 N–H and O–H groups in total. The van der Waals surface area contributed by atoms with Gasteiger partial charge >= 0.3 is 0 Å². The van der Waals surface area contributed by atoms with E-state index in [9.17, 15) is 8.42 Å². The summed E-state index contributed by atoms with van der Waals surface area (Å²) in [6.07, 6.45) is 4.10. The van der Waals surface area contributed by atoms with E-state index >= 15 is 0 Å². The van der Waals surface area contributed by atoms with Crippen LogP contribution in [0.2, 0.25) is 0 Å². The molecule has 1 heterocycles. The maximum atomic E-state index is 12.6. The molecule has 5 heteroatoms. The summed E-state index contributed by atoms with van der Waals surface area (Å²) in [6.45, 7) is 5.53. The predicted molar refractivity (Wildman–Crippen MR) is 83.4 cm³/mol. The van der Waals surface area contributed by atoms with E-state index in [-0.39, 0.29) is 6.61 Å². The van der Waals surface area contributed by atoms with Crippen LogP contribution in [-0.2, 0) is 16.6 Å². The molecule has 0 saturated carbocycles. The fraction of sp³-hybridized carbons (Fsp3) is 0.625. The number of aliphatic hydroxyl groups excluding tert-OH is 1. The van der Waals surface area contributed by atoms with Crippen LogP contribution in [0.3, 0.4) is 0 Å². The SMILES string of the molecule is CCC1(CC)CCN(S(=O)(=O)c2ccc(CO)cc2)CC1. The van der Waals surface area contributed by atoms with Gasteiger partial charge in [-0.05, 0) is 36.0 Å². The monoisotopic (exact) mass is 311 g/mol. The highest BCUT2D eigenvalue weighted by molar-refractivity contribution is 7.89. The van der Waals surface area contributed by atoms with E-state index in [0.29, 0.717) is 23.4 Å². The predicted octanol–water partition coefficient (Wildman–Crippen LogP) is 2.77. The molecule has 0 bridgehead atoms. The molecule has 2 rings (SSSR count). The van der Waals surface area contributed by atoms with Crippen LogP contribution in [0.1, 0.15) is 45.1 Å². The van der Waals surface area contributed by atoms with Crippen molar-refractivity contribution < 1.29 is 13.5 Å². The van der Waals surface area contributed by atoms with E-state index in [4.69, 9.17) is 5.11 Å². The number of sulfonamides is 1. The van der Waals surface area contributed by atoms with Crippen LogP contribution < -0.4 is 0 Å². The first-order valence-electron chi connectivity index (χ1n) is 7.67. The molecule has 1 aromatic carbocycles. The first-order valence-corrected chi connectivity index (χ1v) is 9.11. The van der Waals surface area contributed by atoms with Gasteiger partial charge in [-0.3, -0.25) is 0 Å². The van der Waals surface area contributed by atoms with Gasteiger partial charge in [0.1, 0.15) is 0 Å². The van der Waals surface area contributed by atoms with Gasteiger partial charge in [-0.2, -0.15) is 4.31 Å². The average Bonchev–Trinajstić information content (AvgIpc) is 2.55. The lowest BCUT2D eigenvalue weighted by Gasteiger charge is -2.40. The van der Waals surface area contributed by atoms with Crippen LogP contribution in [0.5, 0.6) is 0 Å². The second kappa shape index (κ2) is 6.46. The van der Waals surface area contributed by atoms with Crippen molar-refractivity contribution in [3.05, 3.63) is 29.8 Å². The van der Waals surface area contributed by atoms with Crippen molar-refractivity contribution in [1.29, 1.82) is 0 Å². The molecule has 0 aliphatic carbocycles. The second-order valence-corrected chi connectivity index (χ2v) is 7.85. The van der Waals surface area contributed by atoms with Crippen molar-refractivity contribution in [3.8, 4) is 0 Å². The molecule has 1 fully saturated rings. The molecule has 4 nitrogen and oxygen atoms in total. The molecule has 1 aliphatic heterocycles. The van der Waals surface area contributed by atoms with Crippen LogP contribution in [0.15, 0.2) is 29.2 Å². The molecular weight excluding hydrogens is 286 g/mol. The molecule has 0 spiro atoms. The quantitative estimate of drug-likeness (QED) is 0.909. The summed E-state index contributed by atoms with van der Waals surface area (Å²) in [5.41, 5.74) is 1.04. The number of rotatable bonds is 5. The Morgan fingerprint density at radius 2 is 1.62 bits per heavy atom. The van der Waals surface area contributed by atoms with Crippen LogP contribution in [0.4, 0.5) is 0 Å². The fourth-order valence-electron chi connectivity index (χ4n) is 3.07. The Hall–Kier alpha value is -0.910. The summed E-state index contributed by atoms with van der Waals surface area (Å²) in [5, 5.41) is 9.03. The Kier molecular flexibility index (Phi) is 5.07. The third-order valence-electron chi connectivity index (χ3n) is 5.03. The van der Waals surface area contributed by atoms with E-state index in [2.05, 4.69) is 13.8 Å². The standard InChI is InChI=1S/C16H25NO3S/c1-3-16(4-2)9-11-17(12-10-16)21(19,20)15-7-5-14(13-18)6-8-15/h5-8,18H,3-4,9-13H2,1-2H3. The van der Waals surface area contributed by atoms with E-state index in [0.717, 1.165) is 31.2 Å². The zero-order chi connectivity index (χ0) is 15.5. The third-order valence-corrected chi connectivity index (χ3v) is 6.94. The van der Waals surface area contributed by atoms with Crippen LogP contribution in [0.25, 0.3) is 0 Å². The van der Waals surface area contributed by atoms with Crippen LogP contribution >= 0.6 is 0 Å². The molecule has 0 radical (unpaired) electrons. The minimum absolute atomic E-state index is 0.0699. The van der Waals surface area contributed by atoms with Gasteiger partial charge in [-0.25, -0.2) is 8.42 Å². The first-order chi connectivity index (χ1) is 9.97. The highest BCUT2D eigenvalue weighted by Gasteiger charge is 2.36. The van der Waals surface area contributed by atoms with E-state index in [1.54, 1.807) is 28.6 Å². The van der Waals surface area contributed by atoms with Gasteiger partial charge in [0.05, 0.1) is 11.5 Å². The maximum Gasteiger partial charge on any atom is 0.243 e. The average molecular weight is 311 g/mol. The smallest absolute Gasteiger partial charge is 0.243 e. The minimum Gasteiger partial charge on any atom is -0.392 e. The lowest BCUT2D eigenvalue weighted by atomic mass is 9.75. The molecular formula is C16H25NO3S. The van der Waals surface area contributed by atoms with Crippen molar-refractivity contribution >= 4 is 10.0 Å². The van der Waals surface area contributed by atoms with Crippen molar-refractivity contribution in [1.82, 2.24) is 4.31 Å². The molecule has 0 unspecified atom stereocenters. The van der Waals surface area contributed by atoms with Gasteiger partial charge < -0.3 is 5.11 Å². The zero-order valence-corrected chi connectivity index (χ0v) is 13.7. The number of aliphatic hydroxyl groups is 1. The fourth-order valence-corrected chi connectivity index (χ4v) is 4.52. The van der Waals surface area contributed by atoms with Crippen molar-refractivity contribution in [2.45, 2.75) is 51.0 Å². The van der Waals surface area contributed by atoms with Gasteiger partial charge in [0, 0.05) is 13.1 Å². The van der Waals surface area contributed by atoms with Gasteiger partial charge in [0.15, 0.2) is 0 Å². The Balaban J connectivity index is 2.14. The summed E-state index contributed by atoms with van der Waals surface area (Å²) in [4.78, 5) is 0.320. The number of nitrogens with zero attached hydrogens (tertiary/aromatic N) is 1. The molecule has 0 aromatic heterocycles. The Labute approximate surface area is 127 Å². The summed E-state index contributed by atoms with van der Waals surface area (Å²) in [6, 6.07) is 6.50. The van der Waals surface area contributed by atoms with E-state index < -0.39 is 10.0 Å². The number of benzene rings is 1. The maximum absolute atomic E-state index is 12.6. The molecule has 1 aliphatic rings. The van der Waals surface area contributed by atoms with Gasteiger partial charge in [-0.15, -0.1) is 0 Å². The van der Waals surface area contributed by atoms with Gasteiger partial charge in [-0.1, -0.05) is 38.8 Å². The molecule has 0 atom stereocenters. The zero-order valence-electron chi connectivity index (χ0n) is 12.9. The van der Waals surface area contributed by atoms with Crippen molar-refractivity contribution in [2.24, 2.45) is 5.41 Å². The summed E-state index contributed by atoms with van der Waals surface area (Å²) in [5.74, 6) is 0. The molecule has 118 valence electrons. The normalized spacial score (nSPS) is 19.6. The topological polar surface area (TPSA) is 57.6 Å². The largest absolute Gasteiger partial charge is 0.392 e. The minimum atomic E-state index is -3.40. The summed E-state index contributed by atoms with van der Waals surface area (Å²) in [7, 11) is -3.40. The molecule has 21 heavy (non-hydrogen) atoms. The Morgan fingerprint density at radius 3 is 2.05 bits per heavy atom. The van der Waals surface area contributed by atoms with E-state index in [1.165, 1.54) is 0 Å². The molecule has 1 saturated heterocycles. The first kappa shape index (κ1) is 16.5.